The Hall–Kier alpha value is -6.27. The predicted octanol–water partition coefficient (Wildman–Crippen LogP) is -1.17. The predicted molar refractivity (Wildman–Crippen MR) is 183 cm³/mol. The SMILES string of the molecule is N[C@@H](CCC(=O)O)C(=O)N[C@@H](Cc1c[nH]cn1)C(=O)N[C@@H](Cc1c[nH]c2ccccc12)C(=O)N[C@@H](CO)C(=O)N[C@@H](Cc1ccc(O)cc1)C(=O)O. The van der Waals surface area contributed by atoms with Crippen LogP contribution in [0.15, 0.2) is 67.3 Å². The number of nitrogens with zero attached hydrogens (tertiary/aromatic N) is 1. The van der Waals surface area contributed by atoms with Crippen molar-refractivity contribution < 1.29 is 49.2 Å². The minimum Gasteiger partial charge on any atom is -0.508 e. The maximum Gasteiger partial charge on any atom is 0.326 e. The maximum atomic E-state index is 13.8. The number of imidazole rings is 1. The molecule has 276 valence electrons. The first kappa shape index (κ1) is 38.5. The molecule has 4 rings (SSSR count). The van der Waals surface area contributed by atoms with Crippen LogP contribution in [-0.4, -0.2) is 108 Å². The second-order valence-corrected chi connectivity index (χ2v) is 12.0. The summed E-state index contributed by atoms with van der Waals surface area (Å²) in [4.78, 5) is 86.6. The fourth-order valence-electron chi connectivity index (χ4n) is 5.32. The Labute approximate surface area is 296 Å². The molecule has 2 aromatic heterocycles. The number of amides is 4. The molecule has 18 heteroatoms. The Morgan fingerprint density at radius 2 is 1.37 bits per heavy atom. The Balaban J connectivity index is 1.55. The number of aromatic nitrogens is 3. The monoisotopic (exact) mass is 720 g/mol. The number of H-pyrrole nitrogens is 2. The average Bonchev–Trinajstić information content (AvgIpc) is 3.79. The lowest BCUT2D eigenvalue weighted by Crippen LogP contribution is -2.60. The number of aromatic hydroxyl groups is 1. The summed E-state index contributed by atoms with van der Waals surface area (Å²) >= 11 is 0. The van der Waals surface area contributed by atoms with Gasteiger partial charge in [0.15, 0.2) is 0 Å². The number of phenolic OH excluding ortho intramolecular Hbond substituents is 1. The molecule has 0 aliphatic rings. The van der Waals surface area contributed by atoms with Gasteiger partial charge in [-0.2, -0.15) is 0 Å². The zero-order valence-corrected chi connectivity index (χ0v) is 27.7. The topological polar surface area (TPSA) is 302 Å². The Bertz CT molecular complexity index is 1860. The van der Waals surface area contributed by atoms with Gasteiger partial charge in [-0.1, -0.05) is 30.3 Å². The van der Waals surface area contributed by atoms with E-state index in [-0.39, 0.29) is 37.9 Å². The highest BCUT2D eigenvalue weighted by atomic mass is 16.4. The van der Waals surface area contributed by atoms with E-state index in [2.05, 4.69) is 36.2 Å². The lowest BCUT2D eigenvalue weighted by molar-refractivity contribution is -0.142. The van der Waals surface area contributed by atoms with E-state index < -0.39 is 72.4 Å². The molecule has 0 aliphatic heterocycles. The van der Waals surface area contributed by atoms with Gasteiger partial charge in [0.25, 0.3) is 0 Å². The summed E-state index contributed by atoms with van der Waals surface area (Å²) in [7, 11) is 0. The molecule has 0 fully saturated rings. The van der Waals surface area contributed by atoms with Gasteiger partial charge in [0.2, 0.25) is 23.6 Å². The van der Waals surface area contributed by atoms with Crippen molar-refractivity contribution in [3.8, 4) is 5.75 Å². The van der Waals surface area contributed by atoms with Crippen LogP contribution in [0.1, 0.15) is 29.7 Å². The molecule has 4 aromatic rings. The van der Waals surface area contributed by atoms with Crippen molar-refractivity contribution in [2.75, 3.05) is 6.61 Å². The van der Waals surface area contributed by atoms with Crippen molar-refractivity contribution in [1.82, 2.24) is 36.2 Å². The van der Waals surface area contributed by atoms with Gasteiger partial charge in [-0.3, -0.25) is 24.0 Å². The van der Waals surface area contributed by atoms with Gasteiger partial charge in [0.05, 0.1) is 24.7 Å². The number of hydrogen-bond acceptors (Lipinski definition) is 10. The molecule has 0 saturated carbocycles. The van der Waals surface area contributed by atoms with E-state index >= 15 is 0 Å². The van der Waals surface area contributed by atoms with Gasteiger partial charge in [-0.15, -0.1) is 0 Å². The van der Waals surface area contributed by atoms with E-state index in [9.17, 15) is 44.1 Å². The Morgan fingerprint density at radius 1 is 0.750 bits per heavy atom. The number of nitrogens with two attached hydrogens (primary N) is 1. The number of aliphatic hydroxyl groups excluding tert-OH is 1. The second kappa shape index (κ2) is 18.1. The van der Waals surface area contributed by atoms with Gasteiger partial charge in [0, 0.05) is 49.0 Å². The molecule has 4 amide bonds. The number of fused-ring (bicyclic) bond motifs is 1. The minimum absolute atomic E-state index is 0.0360. The molecule has 18 nitrogen and oxygen atoms in total. The molecule has 0 radical (unpaired) electrons. The first-order valence-corrected chi connectivity index (χ1v) is 16.2. The standard InChI is InChI=1S/C34H40N8O10/c35-23(9-10-29(45)46)30(47)39-26(13-20-15-36-17-38-20)32(49)40-25(12-19-14-37-24-4-2-1-3-22(19)24)31(48)42-28(16-43)33(50)41-27(34(51)52)11-18-5-7-21(44)8-6-18/h1-8,14-15,17,23,25-28,37,43-44H,9-13,16,35H2,(H,36,38)(H,39,47)(H,40,49)(H,41,50)(H,42,48)(H,45,46)(H,51,52)/t23-,25-,26-,27-,28-/m0/s1. The molecular formula is C34H40N8O10. The molecule has 52 heavy (non-hydrogen) atoms. The van der Waals surface area contributed by atoms with Gasteiger partial charge in [0.1, 0.15) is 29.9 Å². The number of rotatable bonds is 19. The van der Waals surface area contributed by atoms with Gasteiger partial charge >= 0.3 is 11.9 Å². The number of carboxylic acid groups (broad SMARTS) is 2. The third-order valence-corrected chi connectivity index (χ3v) is 8.15. The van der Waals surface area contributed by atoms with Gasteiger partial charge < -0.3 is 57.4 Å². The summed E-state index contributed by atoms with van der Waals surface area (Å²) in [5, 5.41) is 48.9. The number of phenols is 1. The summed E-state index contributed by atoms with van der Waals surface area (Å²) < 4.78 is 0. The van der Waals surface area contributed by atoms with Crippen LogP contribution in [0.4, 0.5) is 0 Å². The van der Waals surface area contributed by atoms with Crippen molar-refractivity contribution in [2.45, 2.75) is 62.3 Å². The molecule has 12 N–H and O–H groups in total. The summed E-state index contributed by atoms with van der Waals surface area (Å²) in [6.45, 7) is -0.928. The van der Waals surface area contributed by atoms with Crippen molar-refractivity contribution in [2.24, 2.45) is 5.73 Å². The van der Waals surface area contributed by atoms with Crippen LogP contribution < -0.4 is 27.0 Å². The fourth-order valence-corrected chi connectivity index (χ4v) is 5.32. The second-order valence-electron chi connectivity index (χ2n) is 12.0. The molecule has 0 aliphatic carbocycles. The number of nitrogens with one attached hydrogen (secondary N) is 6. The minimum atomic E-state index is -1.64. The van der Waals surface area contributed by atoms with Crippen LogP contribution in [0.25, 0.3) is 10.9 Å². The Kier molecular flexibility index (Phi) is 13.4. The zero-order valence-electron chi connectivity index (χ0n) is 27.7. The zero-order chi connectivity index (χ0) is 37.8. The lowest BCUT2D eigenvalue weighted by Gasteiger charge is -2.26. The number of aliphatic carboxylic acids is 2. The third-order valence-electron chi connectivity index (χ3n) is 8.15. The van der Waals surface area contributed by atoms with Gasteiger partial charge in [-0.25, -0.2) is 9.78 Å². The number of hydrogen-bond donors (Lipinski definition) is 11. The number of para-hydroxylation sites is 1. The van der Waals surface area contributed by atoms with Crippen LogP contribution in [0.3, 0.4) is 0 Å². The Morgan fingerprint density at radius 3 is 2.00 bits per heavy atom. The van der Waals surface area contributed by atoms with Crippen molar-refractivity contribution in [3.63, 3.8) is 0 Å². The van der Waals surface area contributed by atoms with Crippen LogP contribution in [-0.2, 0) is 48.0 Å². The van der Waals surface area contributed by atoms with Crippen LogP contribution in [0.2, 0.25) is 0 Å². The lowest BCUT2D eigenvalue weighted by atomic mass is 10.0. The molecule has 2 heterocycles. The van der Waals surface area contributed by atoms with Crippen LogP contribution in [0, 0.1) is 0 Å². The number of carbonyl (C=O) groups excluding carboxylic acids is 4. The number of aromatic amines is 2. The quantitative estimate of drug-likeness (QED) is 0.0546. The third kappa shape index (κ3) is 10.9. The molecular weight excluding hydrogens is 680 g/mol. The summed E-state index contributed by atoms with van der Waals surface area (Å²) in [6.07, 6.45) is 3.46. The first-order chi connectivity index (χ1) is 24.8. The van der Waals surface area contributed by atoms with E-state index in [1.165, 1.54) is 36.8 Å². The smallest absolute Gasteiger partial charge is 0.326 e. The highest BCUT2D eigenvalue weighted by Gasteiger charge is 2.33. The number of aliphatic hydroxyl groups is 1. The number of carboxylic acids is 2. The molecule has 0 bridgehead atoms. The number of benzene rings is 2. The number of carbonyl (C=O) groups is 6. The summed E-state index contributed by atoms with van der Waals surface area (Å²) in [5.41, 5.74) is 8.07. The van der Waals surface area contributed by atoms with E-state index in [4.69, 9.17) is 10.8 Å². The summed E-state index contributed by atoms with van der Waals surface area (Å²) in [6, 6.07) is 5.75. The summed E-state index contributed by atoms with van der Waals surface area (Å²) in [5.74, 6) is -6.17. The molecule has 2 aromatic carbocycles. The largest absolute Gasteiger partial charge is 0.508 e. The first-order valence-electron chi connectivity index (χ1n) is 16.2. The molecule has 5 atom stereocenters. The maximum absolute atomic E-state index is 13.8. The fraction of sp³-hybridized carbons (Fsp3) is 0.324. The highest BCUT2D eigenvalue weighted by molar-refractivity contribution is 5.96. The van der Waals surface area contributed by atoms with Crippen molar-refractivity contribution in [3.05, 3.63) is 84.1 Å². The normalized spacial score (nSPS) is 14.0. The van der Waals surface area contributed by atoms with E-state index in [1.54, 1.807) is 30.5 Å². The molecule has 0 unspecified atom stereocenters. The van der Waals surface area contributed by atoms with E-state index in [1.807, 2.05) is 0 Å². The highest BCUT2D eigenvalue weighted by Crippen LogP contribution is 2.19. The molecule has 0 spiro atoms. The van der Waals surface area contributed by atoms with Crippen molar-refractivity contribution >= 4 is 46.5 Å². The van der Waals surface area contributed by atoms with Gasteiger partial charge in [-0.05, 0) is 35.7 Å². The van der Waals surface area contributed by atoms with Crippen LogP contribution in [0.5, 0.6) is 5.75 Å². The van der Waals surface area contributed by atoms with Crippen molar-refractivity contribution in [1.29, 1.82) is 0 Å². The van der Waals surface area contributed by atoms with E-state index in [0.29, 0.717) is 16.8 Å². The molecule has 0 saturated heterocycles. The average molecular weight is 721 g/mol. The van der Waals surface area contributed by atoms with Crippen LogP contribution >= 0.6 is 0 Å². The van der Waals surface area contributed by atoms with E-state index in [0.717, 1.165) is 10.9 Å².